The monoisotopic (exact) mass is 374 g/mol. The lowest BCUT2D eigenvalue weighted by atomic mass is 10.0. The van der Waals surface area contributed by atoms with Crippen molar-refractivity contribution in [1.82, 2.24) is 5.32 Å². The van der Waals surface area contributed by atoms with E-state index < -0.39 is 0 Å². The SMILES string of the molecule is Cc1ccc(Br)cc1NCC(=O)NC1CCOc2ccccc21. The highest BCUT2D eigenvalue weighted by atomic mass is 79.9. The summed E-state index contributed by atoms with van der Waals surface area (Å²) in [7, 11) is 0. The molecule has 1 heterocycles. The Morgan fingerprint density at radius 2 is 2.13 bits per heavy atom. The maximum absolute atomic E-state index is 12.3. The Bertz CT molecular complexity index is 718. The van der Waals surface area contributed by atoms with Gasteiger partial charge in [0.05, 0.1) is 19.2 Å². The summed E-state index contributed by atoms with van der Waals surface area (Å²) in [5.41, 5.74) is 3.12. The molecular weight excluding hydrogens is 356 g/mol. The molecule has 0 fully saturated rings. The fourth-order valence-corrected chi connectivity index (χ4v) is 3.06. The molecule has 4 nitrogen and oxygen atoms in total. The number of hydrogen-bond acceptors (Lipinski definition) is 3. The smallest absolute Gasteiger partial charge is 0.239 e. The molecule has 1 atom stereocenters. The minimum Gasteiger partial charge on any atom is -0.493 e. The van der Waals surface area contributed by atoms with Crippen LogP contribution in [0, 0.1) is 6.92 Å². The van der Waals surface area contributed by atoms with Crippen molar-refractivity contribution in [1.29, 1.82) is 0 Å². The molecule has 2 N–H and O–H groups in total. The number of hydrogen-bond donors (Lipinski definition) is 2. The van der Waals surface area contributed by atoms with Gasteiger partial charge in [-0.15, -0.1) is 0 Å². The van der Waals surface area contributed by atoms with Crippen molar-refractivity contribution in [3.05, 3.63) is 58.1 Å². The van der Waals surface area contributed by atoms with Crippen LogP contribution in [0.5, 0.6) is 5.75 Å². The number of carbonyl (C=O) groups excluding carboxylic acids is 1. The molecule has 1 aliphatic heterocycles. The molecule has 0 saturated heterocycles. The van der Waals surface area contributed by atoms with Gasteiger partial charge in [-0.3, -0.25) is 4.79 Å². The molecule has 2 aromatic carbocycles. The van der Waals surface area contributed by atoms with E-state index >= 15 is 0 Å². The van der Waals surface area contributed by atoms with Gasteiger partial charge in [0.25, 0.3) is 0 Å². The van der Waals surface area contributed by atoms with E-state index in [1.807, 2.05) is 49.4 Å². The van der Waals surface area contributed by atoms with Gasteiger partial charge >= 0.3 is 0 Å². The summed E-state index contributed by atoms with van der Waals surface area (Å²) >= 11 is 3.45. The van der Waals surface area contributed by atoms with Crippen LogP contribution >= 0.6 is 15.9 Å². The number of aryl methyl sites for hydroxylation is 1. The van der Waals surface area contributed by atoms with Gasteiger partial charge in [0.1, 0.15) is 5.75 Å². The molecule has 5 heteroatoms. The van der Waals surface area contributed by atoms with E-state index in [0.29, 0.717) is 6.61 Å². The van der Waals surface area contributed by atoms with Crippen LogP contribution in [0.1, 0.15) is 23.6 Å². The summed E-state index contributed by atoms with van der Waals surface area (Å²) < 4.78 is 6.61. The molecule has 0 radical (unpaired) electrons. The van der Waals surface area contributed by atoms with Gasteiger partial charge in [0.15, 0.2) is 0 Å². The average Bonchev–Trinajstić information content (AvgIpc) is 2.56. The fourth-order valence-electron chi connectivity index (χ4n) is 2.70. The second kappa shape index (κ2) is 7.04. The van der Waals surface area contributed by atoms with E-state index in [1.54, 1.807) is 0 Å². The Kier molecular flexibility index (Phi) is 4.86. The van der Waals surface area contributed by atoms with Crippen LogP contribution in [0.15, 0.2) is 46.9 Å². The summed E-state index contributed by atoms with van der Waals surface area (Å²) in [4.78, 5) is 12.3. The number of rotatable bonds is 4. The van der Waals surface area contributed by atoms with Gasteiger partial charge in [-0.2, -0.15) is 0 Å². The highest BCUT2D eigenvalue weighted by Gasteiger charge is 2.22. The fraction of sp³-hybridized carbons (Fsp3) is 0.278. The first kappa shape index (κ1) is 15.9. The quantitative estimate of drug-likeness (QED) is 0.855. The number of halogens is 1. The third-order valence-corrected chi connectivity index (χ3v) is 4.43. The van der Waals surface area contributed by atoms with E-state index in [-0.39, 0.29) is 18.5 Å². The van der Waals surface area contributed by atoms with Gasteiger partial charge in [0, 0.05) is 22.1 Å². The first-order valence-electron chi connectivity index (χ1n) is 7.64. The van der Waals surface area contributed by atoms with Gasteiger partial charge in [-0.1, -0.05) is 40.2 Å². The van der Waals surface area contributed by atoms with Crippen molar-refractivity contribution in [2.45, 2.75) is 19.4 Å². The summed E-state index contributed by atoms with van der Waals surface area (Å²) in [5, 5.41) is 6.28. The topological polar surface area (TPSA) is 50.4 Å². The van der Waals surface area contributed by atoms with E-state index in [1.165, 1.54) is 0 Å². The molecule has 3 rings (SSSR count). The zero-order valence-corrected chi connectivity index (χ0v) is 14.5. The van der Waals surface area contributed by atoms with E-state index in [9.17, 15) is 4.79 Å². The van der Waals surface area contributed by atoms with Crippen molar-refractivity contribution in [3.63, 3.8) is 0 Å². The Morgan fingerprint density at radius 1 is 1.30 bits per heavy atom. The van der Waals surface area contributed by atoms with Crippen LogP contribution in [-0.2, 0) is 4.79 Å². The summed E-state index contributed by atoms with van der Waals surface area (Å²) in [6.45, 7) is 2.89. The second-order valence-electron chi connectivity index (χ2n) is 5.61. The third kappa shape index (κ3) is 3.85. The maximum atomic E-state index is 12.3. The second-order valence-corrected chi connectivity index (χ2v) is 6.52. The largest absolute Gasteiger partial charge is 0.493 e. The lowest BCUT2D eigenvalue weighted by Gasteiger charge is -2.26. The van der Waals surface area contributed by atoms with Crippen molar-refractivity contribution in [3.8, 4) is 5.75 Å². The lowest BCUT2D eigenvalue weighted by Crippen LogP contribution is -2.35. The van der Waals surface area contributed by atoms with Crippen LogP contribution in [0.3, 0.4) is 0 Å². The van der Waals surface area contributed by atoms with Crippen LogP contribution in [-0.4, -0.2) is 19.1 Å². The zero-order chi connectivity index (χ0) is 16.2. The van der Waals surface area contributed by atoms with Crippen molar-refractivity contribution >= 4 is 27.5 Å². The number of fused-ring (bicyclic) bond motifs is 1. The Labute approximate surface area is 144 Å². The zero-order valence-electron chi connectivity index (χ0n) is 12.9. The maximum Gasteiger partial charge on any atom is 0.239 e. The Morgan fingerprint density at radius 3 is 3.00 bits per heavy atom. The normalized spacial score (nSPS) is 16.2. The molecule has 1 aliphatic rings. The Hall–Kier alpha value is -2.01. The molecule has 23 heavy (non-hydrogen) atoms. The van der Waals surface area contributed by atoms with E-state index in [0.717, 1.165) is 33.5 Å². The summed E-state index contributed by atoms with van der Waals surface area (Å²) in [6.07, 6.45) is 0.790. The van der Waals surface area contributed by atoms with Gasteiger partial charge in [-0.25, -0.2) is 0 Å². The first-order chi connectivity index (χ1) is 11.1. The predicted octanol–water partition coefficient (Wildman–Crippen LogP) is 3.81. The van der Waals surface area contributed by atoms with E-state index in [2.05, 4.69) is 26.6 Å². The van der Waals surface area contributed by atoms with Gasteiger partial charge < -0.3 is 15.4 Å². The first-order valence-corrected chi connectivity index (χ1v) is 8.44. The molecule has 120 valence electrons. The molecule has 0 aromatic heterocycles. The minimum absolute atomic E-state index is 0.0119. The molecular formula is C18H19BrN2O2. The molecule has 1 amide bonds. The number of amides is 1. The standard InChI is InChI=1S/C18H19BrN2O2/c1-12-6-7-13(19)10-16(12)20-11-18(22)21-15-8-9-23-17-5-3-2-4-14(15)17/h2-7,10,15,20H,8-9,11H2,1H3,(H,21,22). The number of benzene rings is 2. The molecule has 0 bridgehead atoms. The number of para-hydroxylation sites is 1. The van der Waals surface area contributed by atoms with Crippen LogP contribution in [0.4, 0.5) is 5.69 Å². The number of carbonyl (C=O) groups is 1. The van der Waals surface area contributed by atoms with Gasteiger partial charge in [-0.05, 0) is 30.7 Å². The van der Waals surface area contributed by atoms with Gasteiger partial charge in [0.2, 0.25) is 5.91 Å². The number of anilines is 1. The molecule has 2 aromatic rings. The molecule has 0 spiro atoms. The molecule has 0 saturated carbocycles. The van der Waals surface area contributed by atoms with Crippen LogP contribution < -0.4 is 15.4 Å². The highest BCUT2D eigenvalue weighted by molar-refractivity contribution is 9.10. The van der Waals surface area contributed by atoms with Crippen molar-refractivity contribution in [2.24, 2.45) is 0 Å². The highest BCUT2D eigenvalue weighted by Crippen LogP contribution is 2.31. The minimum atomic E-state index is -0.0221. The summed E-state index contributed by atoms with van der Waals surface area (Å²) in [5.74, 6) is 0.839. The van der Waals surface area contributed by atoms with Crippen LogP contribution in [0.2, 0.25) is 0 Å². The molecule has 1 unspecified atom stereocenters. The van der Waals surface area contributed by atoms with Crippen molar-refractivity contribution in [2.75, 3.05) is 18.5 Å². The van der Waals surface area contributed by atoms with Crippen molar-refractivity contribution < 1.29 is 9.53 Å². The third-order valence-electron chi connectivity index (χ3n) is 3.93. The van der Waals surface area contributed by atoms with Crippen LogP contribution in [0.25, 0.3) is 0 Å². The molecule has 0 aliphatic carbocycles. The number of nitrogens with one attached hydrogen (secondary N) is 2. The van der Waals surface area contributed by atoms with E-state index in [4.69, 9.17) is 4.74 Å². The lowest BCUT2D eigenvalue weighted by molar-refractivity contribution is -0.120. The Balaban J connectivity index is 1.61. The average molecular weight is 375 g/mol. The summed E-state index contributed by atoms with van der Waals surface area (Å²) in [6, 6.07) is 13.8. The number of ether oxygens (including phenoxy) is 1. The predicted molar refractivity (Wildman–Crippen MR) is 94.8 cm³/mol.